The minimum Gasteiger partial charge on any atom is -0.336 e. The largest absolute Gasteiger partial charge is 0.336 e. The maximum Gasteiger partial charge on any atom is 0.284 e. The molecule has 1 aliphatic heterocycles. The summed E-state index contributed by atoms with van der Waals surface area (Å²) in [4.78, 5) is 11.1. The molecule has 1 fully saturated rings. The van der Waals surface area contributed by atoms with Gasteiger partial charge in [0, 0.05) is 19.2 Å². The second-order valence-electron chi connectivity index (χ2n) is 6.50. The lowest BCUT2D eigenvalue weighted by Gasteiger charge is -2.30. The van der Waals surface area contributed by atoms with Crippen LogP contribution in [0.1, 0.15) is 25.6 Å². The number of nitrogen functional groups attached to an aromatic ring is 1. The van der Waals surface area contributed by atoms with Gasteiger partial charge in [-0.05, 0) is 49.6 Å². The van der Waals surface area contributed by atoms with Gasteiger partial charge in [-0.15, -0.1) is 10.2 Å². The van der Waals surface area contributed by atoms with Crippen LogP contribution < -0.4 is 5.84 Å². The van der Waals surface area contributed by atoms with Gasteiger partial charge in [0.2, 0.25) is 15.2 Å². The maximum atomic E-state index is 12.9. The first kappa shape index (κ1) is 19.6. The normalized spacial score (nSPS) is 18.5. The zero-order valence-corrected chi connectivity index (χ0v) is 16.5. The quantitative estimate of drug-likeness (QED) is 0.446. The average Bonchev–Trinajstić information content (AvgIpc) is 2.94. The Morgan fingerprint density at radius 2 is 2.11 bits per heavy atom. The van der Waals surface area contributed by atoms with E-state index in [1.807, 2.05) is 6.92 Å². The summed E-state index contributed by atoms with van der Waals surface area (Å²) in [5, 5.41) is 19.5. The Balaban J connectivity index is 1.96. The lowest BCUT2D eigenvalue weighted by molar-refractivity contribution is -0.388. The Hall–Kier alpha value is -2.18. The van der Waals surface area contributed by atoms with Gasteiger partial charge in [0.05, 0.1) is 14.7 Å². The lowest BCUT2D eigenvalue weighted by atomic mass is 10.0. The fourth-order valence-corrected chi connectivity index (χ4v) is 5.42. The molecule has 0 spiro atoms. The number of nitro benzene ring substituents is 1. The van der Waals surface area contributed by atoms with Gasteiger partial charge in [-0.3, -0.25) is 10.1 Å². The molecule has 27 heavy (non-hydrogen) atoms. The molecule has 1 aromatic heterocycles. The highest BCUT2D eigenvalue weighted by Crippen LogP contribution is 2.36. The molecule has 1 atom stereocenters. The summed E-state index contributed by atoms with van der Waals surface area (Å²) in [6.45, 7) is 4.49. The Labute approximate surface area is 160 Å². The number of sulfonamides is 1. The van der Waals surface area contributed by atoms with E-state index in [-0.39, 0.29) is 26.6 Å². The first-order valence-corrected chi connectivity index (χ1v) is 10.6. The minimum absolute atomic E-state index is 0.0851. The first-order valence-electron chi connectivity index (χ1n) is 8.33. The van der Waals surface area contributed by atoms with Gasteiger partial charge in [0.25, 0.3) is 5.69 Å². The summed E-state index contributed by atoms with van der Waals surface area (Å²) in [5.41, 5.74) is -0.313. The molecular weight excluding hydrogens is 392 g/mol. The van der Waals surface area contributed by atoms with Gasteiger partial charge in [-0.2, -0.15) is 4.31 Å². The van der Waals surface area contributed by atoms with E-state index in [2.05, 4.69) is 10.2 Å². The van der Waals surface area contributed by atoms with E-state index >= 15 is 0 Å². The van der Waals surface area contributed by atoms with Crippen LogP contribution in [0.5, 0.6) is 0 Å². The number of aryl methyl sites for hydroxylation is 1. The highest BCUT2D eigenvalue weighted by Gasteiger charge is 2.31. The molecule has 146 valence electrons. The topological polar surface area (TPSA) is 137 Å². The average molecular weight is 412 g/mol. The van der Waals surface area contributed by atoms with Crippen LogP contribution in [0.2, 0.25) is 0 Å². The second-order valence-corrected chi connectivity index (χ2v) is 9.45. The molecular formula is C15H20N6O4S2. The van der Waals surface area contributed by atoms with E-state index in [0.29, 0.717) is 18.9 Å². The smallest absolute Gasteiger partial charge is 0.284 e. The van der Waals surface area contributed by atoms with E-state index in [1.165, 1.54) is 21.1 Å². The summed E-state index contributed by atoms with van der Waals surface area (Å²) >= 11 is 0.960. The summed E-state index contributed by atoms with van der Waals surface area (Å²) in [6, 6.07) is 3.89. The number of hydrogen-bond acceptors (Lipinski definition) is 8. The van der Waals surface area contributed by atoms with Crippen molar-refractivity contribution in [3.8, 4) is 0 Å². The van der Waals surface area contributed by atoms with Crippen molar-refractivity contribution >= 4 is 27.5 Å². The van der Waals surface area contributed by atoms with E-state index < -0.39 is 14.9 Å². The molecule has 1 aliphatic rings. The van der Waals surface area contributed by atoms with Gasteiger partial charge < -0.3 is 5.84 Å². The maximum absolute atomic E-state index is 12.9. The molecule has 1 unspecified atom stereocenters. The fourth-order valence-electron chi connectivity index (χ4n) is 2.92. The number of benzene rings is 1. The molecule has 2 N–H and O–H groups in total. The van der Waals surface area contributed by atoms with Gasteiger partial charge in [0.1, 0.15) is 5.82 Å². The second kappa shape index (κ2) is 7.44. The number of nitro groups is 1. The van der Waals surface area contributed by atoms with E-state index in [4.69, 9.17) is 5.84 Å². The lowest BCUT2D eigenvalue weighted by Crippen LogP contribution is -2.39. The number of rotatable bonds is 5. The summed E-state index contributed by atoms with van der Waals surface area (Å²) in [6.07, 6.45) is 1.75. The molecule has 3 rings (SSSR count). The SMILES string of the molecule is Cc1nnc(Sc2ccc(S(=O)(=O)N3CCCC(C)C3)cc2[N+](=O)[O-])n1N. The Bertz CT molecular complexity index is 975. The third kappa shape index (κ3) is 3.92. The zero-order valence-electron chi connectivity index (χ0n) is 14.9. The standard InChI is InChI=1S/C15H20N6O4S2/c1-10-4-3-7-19(9-10)27(24,25)12-5-6-14(13(8-12)21(22)23)26-15-18-17-11(2)20(15)16/h5-6,8,10H,3-4,7,9,16H2,1-2H3. The Kier molecular flexibility index (Phi) is 5.40. The molecule has 12 heteroatoms. The van der Waals surface area contributed by atoms with Crippen LogP contribution in [-0.4, -0.2) is 45.6 Å². The molecule has 0 amide bonds. The third-order valence-electron chi connectivity index (χ3n) is 4.42. The van der Waals surface area contributed by atoms with E-state index in [1.54, 1.807) is 6.92 Å². The van der Waals surface area contributed by atoms with Gasteiger partial charge in [-0.1, -0.05) is 6.92 Å². The highest BCUT2D eigenvalue weighted by molar-refractivity contribution is 7.99. The predicted octanol–water partition coefficient (Wildman–Crippen LogP) is 1.78. The van der Waals surface area contributed by atoms with Gasteiger partial charge in [-0.25, -0.2) is 13.1 Å². The molecule has 0 aliphatic carbocycles. The van der Waals surface area contributed by atoms with Crippen molar-refractivity contribution in [2.24, 2.45) is 5.92 Å². The van der Waals surface area contributed by atoms with Crippen molar-refractivity contribution in [2.75, 3.05) is 18.9 Å². The Morgan fingerprint density at radius 1 is 1.37 bits per heavy atom. The number of piperidine rings is 1. The van der Waals surface area contributed by atoms with Crippen LogP contribution in [0.25, 0.3) is 0 Å². The molecule has 10 nitrogen and oxygen atoms in total. The molecule has 1 saturated heterocycles. The van der Waals surface area contributed by atoms with Gasteiger partial charge >= 0.3 is 0 Å². The van der Waals surface area contributed by atoms with Crippen molar-refractivity contribution in [1.82, 2.24) is 19.2 Å². The molecule has 2 heterocycles. The van der Waals surface area contributed by atoms with Gasteiger partial charge in [0.15, 0.2) is 0 Å². The van der Waals surface area contributed by atoms with Crippen LogP contribution >= 0.6 is 11.8 Å². The number of hydrogen-bond donors (Lipinski definition) is 1. The third-order valence-corrected chi connectivity index (χ3v) is 7.31. The van der Waals surface area contributed by atoms with Crippen molar-refractivity contribution in [3.05, 3.63) is 34.1 Å². The minimum atomic E-state index is -3.78. The molecule has 0 saturated carbocycles. The van der Waals surface area contributed by atoms with E-state index in [0.717, 1.165) is 30.7 Å². The molecule has 0 radical (unpaired) electrons. The Morgan fingerprint density at radius 3 is 2.70 bits per heavy atom. The number of nitrogens with two attached hydrogens (primary N) is 1. The number of nitrogens with zero attached hydrogens (tertiary/aromatic N) is 5. The summed E-state index contributed by atoms with van der Waals surface area (Å²) in [7, 11) is -3.78. The van der Waals surface area contributed by atoms with Crippen LogP contribution in [0.3, 0.4) is 0 Å². The van der Waals surface area contributed by atoms with Crippen molar-refractivity contribution in [3.63, 3.8) is 0 Å². The number of aromatic nitrogens is 3. The van der Waals surface area contributed by atoms with Crippen LogP contribution in [-0.2, 0) is 10.0 Å². The first-order chi connectivity index (χ1) is 12.7. The highest BCUT2D eigenvalue weighted by atomic mass is 32.2. The van der Waals surface area contributed by atoms with E-state index in [9.17, 15) is 18.5 Å². The molecule has 2 aromatic rings. The summed E-state index contributed by atoms with van der Waals surface area (Å²) in [5.74, 6) is 6.50. The monoisotopic (exact) mass is 412 g/mol. The van der Waals surface area contributed by atoms with Crippen molar-refractivity contribution < 1.29 is 13.3 Å². The zero-order chi connectivity index (χ0) is 19.8. The predicted molar refractivity (Wildman–Crippen MR) is 99.3 cm³/mol. The van der Waals surface area contributed by atoms with Crippen LogP contribution in [0.4, 0.5) is 5.69 Å². The van der Waals surface area contributed by atoms with Crippen LogP contribution in [0, 0.1) is 23.0 Å². The summed E-state index contributed by atoms with van der Waals surface area (Å²) < 4.78 is 28.4. The molecule has 0 bridgehead atoms. The van der Waals surface area contributed by atoms with Crippen molar-refractivity contribution in [2.45, 2.75) is 41.6 Å². The van der Waals surface area contributed by atoms with Crippen molar-refractivity contribution in [1.29, 1.82) is 0 Å². The molecule has 1 aromatic carbocycles. The fraction of sp³-hybridized carbons (Fsp3) is 0.467. The van der Waals surface area contributed by atoms with Crippen LogP contribution in [0.15, 0.2) is 33.1 Å².